The third-order valence-corrected chi connectivity index (χ3v) is 2.13. The summed E-state index contributed by atoms with van der Waals surface area (Å²) in [4.78, 5) is 0. The van der Waals surface area contributed by atoms with Crippen molar-refractivity contribution in [3.8, 4) is 0 Å². The first-order valence-electron chi connectivity index (χ1n) is 4.12. The molecule has 0 spiro atoms. The Hall–Kier alpha value is -0.940. The minimum absolute atomic E-state index is 0.0276. The van der Waals surface area contributed by atoms with Crippen LogP contribution in [0, 0.1) is 0 Å². The summed E-state index contributed by atoms with van der Waals surface area (Å²) in [5, 5.41) is 19.8. The first-order chi connectivity index (χ1) is 5.90. The maximum atomic E-state index is 8.76. The largest absolute Gasteiger partial charge is 0.390 e. The van der Waals surface area contributed by atoms with E-state index < -0.39 is 0 Å². The zero-order valence-corrected chi connectivity index (χ0v) is 6.77. The lowest BCUT2D eigenvalue weighted by molar-refractivity contribution is 0.276. The molecule has 5 heteroatoms. The zero-order valence-electron chi connectivity index (χ0n) is 6.77. The minimum atomic E-state index is -0.0276. The predicted octanol–water partition coefficient (Wildman–Crippen LogP) is -0.695. The quantitative estimate of drug-likeness (QED) is 0.613. The van der Waals surface area contributed by atoms with Crippen molar-refractivity contribution < 1.29 is 5.11 Å². The molecule has 2 heterocycles. The molecule has 1 atom stereocenters. The molecule has 1 aliphatic rings. The molecule has 1 aromatic rings. The molecule has 0 bridgehead atoms. The summed E-state index contributed by atoms with van der Waals surface area (Å²) in [6, 6.07) is 0.415. The maximum Gasteiger partial charge on any atom is 0.108 e. The van der Waals surface area contributed by atoms with Crippen LogP contribution in [0.5, 0.6) is 0 Å². The molecule has 12 heavy (non-hydrogen) atoms. The molecule has 66 valence electrons. The lowest BCUT2D eigenvalue weighted by Gasteiger charge is -2.05. The predicted molar refractivity (Wildman–Crippen MR) is 42.5 cm³/mol. The number of aliphatic hydroxyl groups excluding tert-OH is 1. The van der Waals surface area contributed by atoms with Crippen molar-refractivity contribution in [3.63, 3.8) is 0 Å². The average molecular weight is 168 g/mol. The fraction of sp³-hybridized carbons (Fsp3) is 0.714. The number of aliphatic hydroxyl groups is 1. The zero-order chi connectivity index (χ0) is 8.39. The molecule has 0 saturated carbocycles. The van der Waals surface area contributed by atoms with Crippen LogP contribution in [-0.4, -0.2) is 33.2 Å². The van der Waals surface area contributed by atoms with Crippen LogP contribution in [0.25, 0.3) is 0 Å². The molecule has 0 aromatic carbocycles. The van der Waals surface area contributed by atoms with E-state index >= 15 is 0 Å². The van der Waals surface area contributed by atoms with Crippen LogP contribution in [0.2, 0.25) is 0 Å². The highest BCUT2D eigenvalue weighted by molar-refractivity contribution is 4.92. The van der Waals surface area contributed by atoms with Crippen molar-refractivity contribution >= 4 is 0 Å². The Morgan fingerprint density at radius 1 is 1.75 bits per heavy atom. The molecular weight excluding hydrogens is 156 g/mol. The van der Waals surface area contributed by atoms with Crippen LogP contribution < -0.4 is 5.32 Å². The summed E-state index contributed by atoms with van der Waals surface area (Å²) in [6.07, 6.45) is 2.89. The van der Waals surface area contributed by atoms with Gasteiger partial charge in [-0.2, -0.15) is 0 Å². The first kappa shape index (κ1) is 7.70. The van der Waals surface area contributed by atoms with E-state index in [1.54, 1.807) is 6.20 Å². The van der Waals surface area contributed by atoms with Gasteiger partial charge in [-0.1, -0.05) is 5.21 Å². The number of hydrogen-bond acceptors (Lipinski definition) is 4. The highest BCUT2D eigenvalue weighted by Gasteiger charge is 2.17. The van der Waals surface area contributed by atoms with Gasteiger partial charge in [0.25, 0.3) is 0 Å². The van der Waals surface area contributed by atoms with Crippen molar-refractivity contribution in [2.24, 2.45) is 0 Å². The number of rotatable bonds is 2. The van der Waals surface area contributed by atoms with Gasteiger partial charge in [-0.05, 0) is 13.0 Å². The van der Waals surface area contributed by atoms with Crippen LogP contribution in [0.4, 0.5) is 0 Å². The highest BCUT2D eigenvalue weighted by Crippen LogP contribution is 2.13. The van der Waals surface area contributed by atoms with Gasteiger partial charge in [0.15, 0.2) is 0 Å². The minimum Gasteiger partial charge on any atom is -0.390 e. The molecule has 1 aromatic heterocycles. The van der Waals surface area contributed by atoms with Crippen molar-refractivity contribution in [1.82, 2.24) is 20.3 Å². The van der Waals surface area contributed by atoms with Gasteiger partial charge in [-0.15, -0.1) is 5.10 Å². The number of aromatic nitrogens is 3. The molecule has 0 unspecified atom stereocenters. The van der Waals surface area contributed by atoms with Crippen molar-refractivity contribution in [2.45, 2.75) is 19.1 Å². The van der Waals surface area contributed by atoms with E-state index in [9.17, 15) is 0 Å². The number of nitrogens with zero attached hydrogens (tertiary/aromatic N) is 3. The summed E-state index contributed by atoms with van der Waals surface area (Å²) in [6.45, 7) is 1.97. The summed E-state index contributed by atoms with van der Waals surface area (Å²) >= 11 is 0. The maximum absolute atomic E-state index is 8.76. The molecule has 1 saturated heterocycles. The normalized spacial score (nSPS) is 23.2. The highest BCUT2D eigenvalue weighted by atomic mass is 16.3. The molecule has 5 nitrogen and oxygen atoms in total. The van der Waals surface area contributed by atoms with Crippen molar-refractivity contribution in [2.75, 3.05) is 13.1 Å². The van der Waals surface area contributed by atoms with Gasteiger partial charge in [-0.3, -0.25) is 0 Å². The average Bonchev–Trinajstić information content (AvgIpc) is 2.75. The Labute approximate surface area is 70.4 Å². The monoisotopic (exact) mass is 168 g/mol. The summed E-state index contributed by atoms with van der Waals surface area (Å²) < 4.78 is 1.82. The number of nitrogens with one attached hydrogen (secondary N) is 1. The van der Waals surface area contributed by atoms with E-state index in [0.717, 1.165) is 19.5 Å². The van der Waals surface area contributed by atoms with Crippen molar-refractivity contribution in [3.05, 3.63) is 11.9 Å². The Kier molecular flexibility index (Phi) is 2.05. The van der Waals surface area contributed by atoms with Gasteiger partial charge in [0.1, 0.15) is 5.69 Å². The van der Waals surface area contributed by atoms with Gasteiger partial charge >= 0.3 is 0 Å². The lowest BCUT2D eigenvalue weighted by Crippen LogP contribution is -2.13. The van der Waals surface area contributed by atoms with Gasteiger partial charge in [0, 0.05) is 6.54 Å². The van der Waals surface area contributed by atoms with E-state index in [2.05, 4.69) is 15.6 Å². The van der Waals surface area contributed by atoms with E-state index in [0.29, 0.717) is 11.7 Å². The van der Waals surface area contributed by atoms with Gasteiger partial charge < -0.3 is 10.4 Å². The lowest BCUT2D eigenvalue weighted by atomic mass is 10.3. The molecular formula is C7H12N4O. The van der Waals surface area contributed by atoms with Crippen LogP contribution in [0.3, 0.4) is 0 Å². The topological polar surface area (TPSA) is 63.0 Å². The summed E-state index contributed by atoms with van der Waals surface area (Å²) in [5.41, 5.74) is 0.641. The number of hydrogen-bond donors (Lipinski definition) is 2. The van der Waals surface area contributed by atoms with E-state index in [1.807, 2.05) is 4.68 Å². The van der Waals surface area contributed by atoms with Crippen LogP contribution in [0.1, 0.15) is 18.2 Å². The second-order valence-corrected chi connectivity index (χ2v) is 2.99. The molecule has 2 rings (SSSR count). The molecule has 2 N–H and O–H groups in total. The fourth-order valence-electron chi connectivity index (χ4n) is 1.43. The van der Waals surface area contributed by atoms with E-state index in [1.165, 1.54) is 0 Å². The second kappa shape index (κ2) is 3.20. The fourth-order valence-corrected chi connectivity index (χ4v) is 1.43. The van der Waals surface area contributed by atoms with E-state index in [-0.39, 0.29) is 6.61 Å². The van der Waals surface area contributed by atoms with Crippen LogP contribution >= 0.6 is 0 Å². The summed E-state index contributed by atoms with van der Waals surface area (Å²) in [5.74, 6) is 0. The Morgan fingerprint density at radius 3 is 3.25 bits per heavy atom. The van der Waals surface area contributed by atoms with Gasteiger partial charge in [-0.25, -0.2) is 4.68 Å². The van der Waals surface area contributed by atoms with Gasteiger partial charge in [0.2, 0.25) is 0 Å². The SMILES string of the molecule is OCc1cn([C@H]2CCNC2)nn1. The van der Waals surface area contributed by atoms with Crippen molar-refractivity contribution in [1.29, 1.82) is 0 Å². The molecule has 0 radical (unpaired) electrons. The Balaban J connectivity index is 2.11. The standard InChI is InChI=1S/C7H12N4O/c12-5-6-4-11(10-9-6)7-1-2-8-3-7/h4,7-8,12H,1-3,5H2/t7-/m0/s1. The summed E-state index contributed by atoms with van der Waals surface area (Å²) in [7, 11) is 0. The van der Waals surface area contributed by atoms with E-state index in [4.69, 9.17) is 5.11 Å². The third-order valence-electron chi connectivity index (χ3n) is 2.13. The molecule has 1 aliphatic heterocycles. The first-order valence-corrected chi connectivity index (χ1v) is 4.12. The smallest absolute Gasteiger partial charge is 0.108 e. The molecule has 0 amide bonds. The van der Waals surface area contributed by atoms with Crippen LogP contribution in [-0.2, 0) is 6.61 Å². The third kappa shape index (κ3) is 1.33. The molecule has 0 aliphatic carbocycles. The second-order valence-electron chi connectivity index (χ2n) is 2.99. The Bertz CT molecular complexity index is 254. The van der Waals surface area contributed by atoms with Crippen LogP contribution in [0.15, 0.2) is 6.20 Å². The molecule has 1 fully saturated rings. The Morgan fingerprint density at radius 2 is 2.67 bits per heavy atom. The van der Waals surface area contributed by atoms with Gasteiger partial charge in [0.05, 0.1) is 18.8 Å².